The second-order valence-electron chi connectivity index (χ2n) is 6.55. The molecule has 1 aromatic heterocycles. The number of nitrogens with zero attached hydrogens (tertiary/aromatic N) is 3. The van der Waals surface area contributed by atoms with E-state index in [-0.39, 0.29) is 24.2 Å². The number of aromatic nitrogens is 2. The summed E-state index contributed by atoms with van der Waals surface area (Å²) in [5, 5.41) is 7.65. The van der Waals surface area contributed by atoms with Crippen LogP contribution in [-0.4, -0.2) is 46.8 Å². The molecule has 5 nitrogen and oxygen atoms in total. The predicted molar refractivity (Wildman–Crippen MR) is 89.2 cm³/mol. The summed E-state index contributed by atoms with van der Waals surface area (Å²) in [6.07, 6.45) is 7.58. The molecule has 0 spiro atoms. The fraction of sp³-hybridized carbons (Fsp3) is 0.750. The van der Waals surface area contributed by atoms with Gasteiger partial charge in [-0.2, -0.15) is 5.10 Å². The van der Waals surface area contributed by atoms with Crippen LogP contribution < -0.4 is 5.32 Å². The van der Waals surface area contributed by atoms with E-state index >= 15 is 0 Å². The number of aryl methyl sites for hydroxylation is 1. The number of halogens is 1. The molecule has 1 amide bonds. The van der Waals surface area contributed by atoms with Crippen molar-refractivity contribution in [2.75, 3.05) is 26.2 Å². The van der Waals surface area contributed by atoms with Gasteiger partial charge in [0.1, 0.15) is 0 Å². The topological polar surface area (TPSA) is 50.2 Å². The number of carbonyl (C=O) groups excluding carboxylic acids is 1. The molecule has 2 heterocycles. The first-order valence-corrected chi connectivity index (χ1v) is 8.17. The van der Waals surface area contributed by atoms with Crippen molar-refractivity contribution < 1.29 is 4.79 Å². The first-order chi connectivity index (χ1) is 10.2. The Bertz CT molecular complexity index is 500. The van der Waals surface area contributed by atoms with Crippen LogP contribution in [-0.2, 0) is 11.8 Å². The number of nitrogens with one attached hydrogen (secondary N) is 1. The van der Waals surface area contributed by atoms with E-state index in [4.69, 9.17) is 0 Å². The van der Waals surface area contributed by atoms with Crippen LogP contribution in [0.4, 0.5) is 0 Å². The highest BCUT2D eigenvalue weighted by Crippen LogP contribution is 2.33. The Morgan fingerprint density at radius 1 is 1.45 bits per heavy atom. The summed E-state index contributed by atoms with van der Waals surface area (Å²) in [5.74, 6) is 1.43. The normalized spacial score (nSPS) is 24.1. The van der Waals surface area contributed by atoms with Crippen molar-refractivity contribution in [1.82, 2.24) is 20.0 Å². The molecular formula is C16H27ClN4O. The fourth-order valence-electron chi connectivity index (χ4n) is 3.33. The zero-order valence-electron chi connectivity index (χ0n) is 13.5. The van der Waals surface area contributed by atoms with Gasteiger partial charge in [0, 0.05) is 45.3 Å². The van der Waals surface area contributed by atoms with Crippen molar-refractivity contribution >= 4 is 18.3 Å². The van der Waals surface area contributed by atoms with Crippen LogP contribution in [0, 0.1) is 11.8 Å². The highest BCUT2D eigenvalue weighted by molar-refractivity contribution is 5.85. The van der Waals surface area contributed by atoms with Gasteiger partial charge in [-0.1, -0.05) is 6.92 Å². The zero-order valence-corrected chi connectivity index (χ0v) is 14.3. The molecule has 2 aliphatic rings. The summed E-state index contributed by atoms with van der Waals surface area (Å²) >= 11 is 0. The minimum Gasteiger partial charge on any atom is -0.342 e. The minimum atomic E-state index is 0. The second kappa shape index (κ2) is 7.47. The van der Waals surface area contributed by atoms with Crippen molar-refractivity contribution in [2.45, 2.75) is 32.1 Å². The van der Waals surface area contributed by atoms with E-state index in [0.29, 0.717) is 5.91 Å². The third-order valence-corrected chi connectivity index (χ3v) is 4.67. The predicted octanol–water partition coefficient (Wildman–Crippen LogP) is 1.79. The van der Waals surface area contributed by atoms with E-state index in [9.17, 15) is 4.79 Å². The second-order valence-corrected chi connectivity index (χ2v) is 6.55. The first kappa shape index (κ1) is 17.3. The summed E-state index contributed by atoms with van der Waals surface area (Å²) in [4.78, 5) is 15.1. The Kier molecular flexibility index (Phi) is 5.87. The molecule has 1 saturated carbocycles. The van der Waals surface area contributed by atoms with Crippen LogP contribution in [0.2, 0.25) is 0 Å². The van der Waals surface area contributed by atoms with Crippen LogP contribution in [0.5, 0.6) is 0 Å². The standard InChI is InChI=1S/C16H26N4O.ClH/c1-3-6-20(10-12-4-5-12)16(21)15-9-17-8-14(15)13-7-18-19(2)11-13;/h7,11-12,14-15,17H,3-6,8-10H2,1-2H3;1H/t14-,15+;/m1./s1. The maximum Gasteiger partial charge on any atom is 0.227 e. The molecule has 3 rings (SSSR count). The minimum absolute atomic E-state index is 0. The molecule has 1 N–H and O–H groups in total. The lowest BCUT2D eigenvalue weighted by Crippen LogP contribution is -2.40. The molecule has 1 aliphatic heterocycles. The van der Waals surface area contributed by atoms with Crippen LogP contribution in [0.15, 0.2) is 12.4 Å². The number of amides is 1. The van der Waals surface area contributed by atoms with Gasteiger partial charge in [-0.3, -0.25) is 9.48 Å². The average molecular weight is 327 g/mol. The van der Waals surface area contributed by atoms with Crippen LogP contribution in [0.3, 0.4) is 0 Å². The van der Waals surface area contributed by atoms with Crippen molar-refractivity contribution in [3.8, 4) is 0 Å². The van der Waals surface area contributed by atoms with E-state index in [1.54, 1.807) is 0 Å². The number of rotatable bonds is 6. The maximum absolute atomic E-state index is 12.9. The lowest BCUT2D eigenvalue weighted by Gasteiger charge is -2.27. The highest BCUT2D eigenvalue weighted by Gasteiger charge is 2.38. The van der Waals surface area contributed by atoms with Gasteiger partial charge >= 0.3 is 0 Å². The summed E-state index contributed by atoms with van der Waals surface area (Å²) in [5.41, 5.74) is 1.18. The van der Waals surface area contributed by atoms with Gasteiger partial charge in [-0.05, 0) is 30.7 Å². The van der Waals surface area contributed by atoms with Crippen molar-refractivity contribution in [1.29, 1.82) is 0 Å². The van der Waals surface area contributed by atoms with Gasteiger partial charge in [0.15, 0.2) is 0 Å². The molecule has 0 radical (unpaired) electrons. The molecule has 22 heavy (non-hydrogen) atoms. The Hall–Kier alpha value is -1.07. The number of hydrogen-bond acceptors (Lipinski definition) is 3. The van der Waals surface area contributed by atoms with Gasteiger partial charge in [-0.25, -0.2) is 0 Å². The Labute approximate surface area is 138 Å². The van der Waals surface area contributed by atoms with Gasteiger partial charge in [-0.15, -0.1) is 12.4 Å². The Morgan fingerprint density at radius 3 is 2.82 bits per heavy atom. The third kappa shape index (κ3) is 3.82. The van der Waals surface area contributed by atoms with Crippen molar-refractivity contribution in [2.24, 2.45) is 18.9 Å². The largest absolute Gasteiger partial charge is 0.342 e. The van der Waals surface area contributed by atoms with Crippen LogP contribution >= 0.6 is 12.4 Å². The molecule has 0 aromatic carbocycles. The molecule has 1 aliphatic carbocycles. The number of carbonyl (C=O) groups is 1. The third-order valence-electron chi connectivity index (χ3n) is 4.67. The SMILES string of the molecule is CCCN(CC1CC1)C(=O)[C@H]1CNC[C@@H]1c1cnn(C)c1.Cl. The van der Waals surface area contributed by atoms with E-state index in [1.165, 1.54) is 18.4 Å². The lowest BCUT2D eigenvalue weighted by atomic mass is 9.89. The molecule has 0 bridgehead atoms. The fourth-order valence-corrected chi connectivity index (χ4v) is 3.33. The molecule has 2 fully saturated rings. The summed E-state index contributed by atoms with van der Waals surface area (Å²) < 4.78 is 1.82. The van der Waals surface area contributed by atoms with E-state index in [2.05, 4.69) is 22.2 Å². The van der Waals surface area contributed by atoms with Crippen molar-refractivity contribution in [3.63, 3.8) is 0 Å². The van der Waals surface area contributed by atoms with Crippen LogP contribution in [0.1, 0.15) is 37.7 Å². The molecule has 0 unspecified atom stereocenters. The Balaban J connectivity index is 0.00000176. The highest BCUT2D eigenvalue weighted by atomic mass is 35.5. The zero-order chi connectivity index (χ0) is 14.8. The first-order valence-electron chi connectivity index (χ1n) is 8.17. The van der Waals surface area contributed by atoms with Gasteiger partial charge in [0.2, 0.25) is 5.91 Å². The molecule has 2 atom stereocenters. The summed E-state index contributed by atoms with van der Waals surface area (Å²) in [6.45, 7) is 5.68. The Morgan fingerprint density at radius 2 is 2.23 bits per heavy atom. The molecular weight excluding hydrogens is 300 g/mol. The van der Waals surface area contributed by atoms with E-state index in [0.717, 1.165) is 38.5 Å². The number of hydrogen-bond donors (Lipinski definition) is 1. The molecule has 1 saturated heterocycles. The molecule has 1 aromatic rings. The smallest absolute Gasteiger partial charge is 0.227 e. The average Bonchev–Trinajstić information content (AvgIpc) is 2.98. The summed E-state index contributed by atoms with van der Waals surface area (Å²) in [6, 6.07) is 0. The van der Waals surface area contributed by atoms with Crippen molar-refractivity contribution in [3.05, 3.63) is 18.0 Å². The van der Waals surface area contributed by atoms with Gasteiger partial charge < -0.3 is 10.2 Å². The lowest BCUT2D eigenvalue weighted by molar-refractivity contribution is -0.135. The van der Waals surface area contributed by atoms with Crippen LogP contribution in [0.25, 0.3) is 0 Å². The van der Waals surface area contributed by atoms with Gasteiger partial charge in [0.25, 0.3) is 0 Å². The molecule has 6 heteroatoms. The van der Waals surface area contributed by atoms with E-state index in [1.807, 2.05) is 24.1 Å². The quantitative estimate of drug-likeness (QED) is 0.867. The molecule has 124 valence electrons. The monoisotopic (exact) mass is 326 g/mol. The van der Waals surface area contributed by atoms with E-state index < -0.39 is 0 Å². The van der Waals surface area contributed by atoms with Gasteiger partial charge in [0.05, 0.1) is 12.1 Å². The maximum atomic E-state index is 12.9. The summed E-state index contributed by atoms with van der Waals surface area (Å²) in [7, 11) is 1.93.